The van der Waals surface area contributed by atoms with Crippen LogP contribution in [0.1, 0.15) is 66.7 Å². The van der Waals surface area contributed by atoms with Gasteiger partial charge in [0, 0.05) is 24.0 Å². The molecule has 3 rings (SSSR count). The van der Waals surface area contributed by atoms with Gasteiger partial charge in [0.2, 0.25) is 0 Å². The fourth-order valence-electron chi connectivity index (χ4n) is 5.89. The first-order chi connectivity index (χ1) is 9.97. The smallest absolute Gasteiger partial charge is 0.104 e. The highest BCUT2D eigenvalue weighted by Gasteiger charge is 2.81. The van der Waals surface area contributed by atoms with Crippen LogP contribution in [-0.4, -0.2) is 28.6 Å². The number of hydrogen-bond donors (Lipinski definition) is 0. The monoisotopic (exact) mass is 292 g/mol. The largest absolute Gasteiger partial charge is 0.290 e. The summed E-state index contributed by atoms with van der Waals surface area (Å²) in [6.45, 7) is 12.5. The van der Waals surface area contributed by atoms with E-state index in [4.69, 9.17) is 0 Å². The number of rotatable bonds is 7. The maximum Gasteiger partial charge on any atom is 0.104 e. The van der Waals surface area contributed by atoms with Crippen LogP contribution in [-0.2, 0) is 0 Å². The molecule has 120 valence electrons. The Bertz CT molecular complexity index is 425. The van der Waals surface area contributed by atoms with Gasteiger partial charge in [-0.15, -0.1) is 0 Å². The molecule has 0 amide bonds. The van der Waals surface area contributed by atoms with E-state index < -0.39 is 0 Å². The van der Waals surface area contributed by atoms with Crippen LogP contribution >= 0.6 is 0 Å². The molecule has 0 radical (unpaired) electrons. The van der Waals surface area contributed by atoms with Crippen LogP contribution in [0.25, 0.3) is 0 Å². The van der Waals surface area contributed by atoms with E-state index in [1.165, 1.54) is 32.2 Å². The van der Waals surface area contributed by atoms with Crippen LogP contribution in [0.15, 0.2) is 5.18 Å². The fraction of sp³-hybridized carbons (Fsp3) is 1.00. The molecule has 2 aliphatic heterocycles. The summed E-state index contributed by atoms with van der Waals surface area (Å²) in [5.41, 5.74) is 0.0709. The van der Waals surface area contributed by atoms with Gasteiger partial charge in [0.25, 0.3) is 0 Å². The Kier molecular flexibility index (Phi) is 3.71. The van der Waals surface area contributed by atoms with Crippen molar-refractivity contribution < 1.29 is 0 Å². The number of nitroso groups, excluding NO2 is 1. The Labute approximate surface area is 129 Å². The Morgan fingerprint density at radius 2 is 2.14 bits per heavy atom. The lowest BCUT2D eigenvalue weighted by atomic mass is 9.73. The normalized spacial score (nSPS) is 47.8. The molecular weight excluding hydrogens is 260 g/mol. The van der Waals surface area contributed by atoms with Crippen LogP contribution in [0.5, 0.6) is 0 Å². The Morgan fingerprint density at radius 3 is 2.71 bits per heavy atom. The van der Waals surface area contributed by atoms with Gasteiger partial charge in [-0.2, -0.15) is 4.91 Å². The molecule has 3 fully saturated rings. The average molecular weight is 292 g/mol. The van der Waals surface area contributed by atoms with Crippen LogP contribution in [0.4, 0.5) is 0 Å². The summed E-state index contributed by atoms with van der Waals surface area (Å²) in [5.74, 6) is 3.03. The van der Waals surface area contributed by atoms with E-state index in [-0.39, 0.29) is 5.54 Å². The highest BCUT2D eigenvalue weighted by Crippen LogP contribution is 2.71. The summed E-state index contributed by atoms with van der Waals surface area (Å²) in [5, 5.41) is 3.52. The molecule has 0 aromatic carbocycles. The molecule has 2 heterocycles. The minimum Gasteiger partial charge on any atom is -0.290 e. The average Bonchev–Trinajstić information content (AvgIpc) is 2.92. The first-order valence-corrected chi connectivity index (χ1v) is 9.08. The van der Waals surface area contributed by atoms with Gasteiger partial charge in [-0.1, -0.05) is 52.1 Å². The van der Waals surface area contributed by atoms with Gasteiger partial charge in [0.1, 0.15) is 5.54 Å². The topological polar surface area (TPSA) is 32.4 Å². The molecule has 0 aromatic heterocycles. The third-order valence-electron chi connectivity index (χ3n) is 7.55. The molecule has 0 aromatic rings. The van der Waals surface area contributed by atoms with Crippen molar-refractivity contribution in [3.8, 4) is 0 Å². The first kappa shape index (κ1) is 15.5. The lowest BCUT2D eigenvalue weighted by molar-refractivity contribution is 0.127. The third-order valence-corrected chi connectivity index (χ3v) is 7.55. The summed E-state index contributed by atoms with van der Waals surface area (Å²) in [6, 6.07) is 0.617. The molecule has 3 nitrogen and oxygen atoms in total. The second-order valence-corrected chi connectivity index (χ2v) is 8.22. The van der Waals surface area contributed by atoms with E-state index in [9.17, 15) is 4.91 Å². The summed E-state index contributed by atoms with van der Waals surface area (Å²) < 4.78 is 0. The summed E-state index contributed by atoms with van der Waals surface area (Å²) in [4.78, 5) is 14.1. The van der Waals surface area contributed by atoms with Crippen molar-refractivity contribution in [3.63, 3.8) is 0 Å². The second-order valence-electron chi connectivity index (χ2n) is 8.22. The van der Waals surface area contributed by atoms with E-state index in [0.29, 0.717) is 17.5 Å². The molecule has 8 atom stereocenters. The lowest BCUT2D eigenvalue weighted by Crippen LogP contribution is -2.46. The SMILES string of the molecule is CCCCC1C[C@H](C)C23[C@@H]1C[N@@]2[C@@H]3C(C)C(C)(CC)N=O. The van der Waals surface area contributed by atoms with E-state index in [1.807, 2.05) is 0 Å². The summed E-state index contributed by atoms with van der Waals surface area (Å²) >= 11 is 0. The van der Waals surface area contributed by atoms with Crippen molar-refractivity contribution in [1.29, 1.82) is 0 Å². The number of unbranched alkanes of at least 4 members (excludes halogenated alkanes) is 1. The maximum atomic E-state index is 11.4. The van der Waals surface area contributed by atoms with Crippen LogP contribution < -0.4 is 0 Å². The summed E-state index contributed by atoms with van der Waals surface area (Å²) in [6.07, 6.45) is 6.38. The molecule has 1 aliphatic carbocycles. The van der Waals surface area contributed by atoms with E-state index in [0.717, 1.165) is 24.2 Å². The first-order valence-electron chi connectivity index (χ1n) is 9.08. The zero-order chi connectivity index (χ0) is 15.4. The van der Waals surface area contributed by atoms with Gasteiger partial charge in [-0.05, 0) is 37.5 Å². The predicted octanol–water partition coefficient (Wildman–Crippen LogP) is 4.46. The molecule has 3 heteroatoms. The van der Waals surface area contributed by atoms with E-state index in [2.05, 4.69) is 44.7 Å². The van der Waals surface area contributed by atoms with Crippen molar-refractivity contribution in [2.24, 2.45) is 28.8 Å². The van der Waals surface area contributed by atoms with Gasteiger partial charge >= 0.3 is 0 Å². The summed E-state index contributed by atoms with van der Waals surface area (Å²) in [7, 11) is 0. The van der Waals surface area contributed by atoms with Crippen LogP contribution in [0.3, 0.4) is 0 Å². The number of hydrogen-bond acceptors (Lipinski definition) is 3. The Hall–Kier alpha value is -0.440. The van der Waals surface area contributed by atoms with Gasteiger partial charge in [-0.25, -0.2) is 0 Å². The van der Waals surface area contributed by atoms with E-state index in [1.54, 1.807) is 0 Å². The minimum absolute atomic E-state index is 0.386. The van der Waals surface area contributed by atoms with Crippen LogP contribution in [0.2, 0.25) is 0 Å². The fourth-order valence-corrected chi connectivity index (χ4v) is 5.89. The molecule has 1 spiro atoms. The Balaban J connectivity index is 1.74. The highest BCUT2D eigenvalue weighted by molar-refractivity contribution is 5.35. The standard InChI is InChI=1S/C18H32N2O/c1-6-8-9-14-10-12(3)18-15(14)11-20(18)16(18)13(4)17(5,7-2)19-21/h12-16H,6-11H2,1-5H3/t12-,13?,14?,15+,16+,17?,18?,20-/m0/s1. The zero-order valence-corrected chi connectivity index (χ0v) is 14.4. The van der Waals surface area contributed by atoms with E-state index >= 15 is 0 Å². The number of nitrogens with zero attached hydrogens (tertiary/aromatic N) is 2. The van der Waals surface area contributed by atoms with Gasteiger partial charge in [0.15, 0.2) is 0 Å². The zero-order valence-electron chi connectivity index (χ0n) is 14.4. The van der Waals surface area contributed by atoms with Crippen molar-refractivity contribution >= 4 is 0 Å². The van der Waals surface area contributed by atoms with Crippen molar-refractivity contribution in [2.45, 2.75) is 83.8 Å². The van der Waals surface area contributed by atoms with Crippen molar-refractivity contribution in [1.82, 2.24) is 4.90 Å². The molecule has 0 N–H and O–H groups in total. The quantitative estimate of drug-likeness (QED) is 0.513. The molecule has 2 saturated heterocycles. The van der Waals surface area contributed by atoms with Crippen molar-refractivity contribution in [3.05, 3.63) is 4.91 Å². The lowest BCUT2D eigenvalue weighted by Gasteiger charge is -2.36. The minimum atomic E-state index is -0.386. The molecule has 1 saturated carbocycles. The third kappa shape index (κ3) is 1.82. The Morgan fingerprint density at radius 1 is 1.43 bits per heavy atom. The van der Waals surface area contributed by atoms with Gasteiger partial charge in [-0.3, -0.25) is 4.90 Å². The molecule has 0 bridgehead atoms. The molecule has 3 aliphatic rings. The highest BCUT2D eigenvalue weighted by atomic mass is 16.3. The van der Waals surface area contributed by atoms with Crippen molar-refractivity contribution in [2.75, 3.05) is 6.54 Å². The predicted molar refractivity (Wildman–Crippen MR) is 87.2 cm³/mol. The molecule has 4 unspecified atom stereocenters. The van der Waals surface area contributed by atoms with Gasteiger partial charge < -0.3 is 0 Å². The molecular formula is C18H32N2O. The molecule has 21 heavy (non-hydrogen) atoms. The van der Waals surface area contributed by atoms with Crippen LogP contribution in [0, 0.1) is 28.6 Å². The van der Waals surface area contributed by atoms with Gasteiger partial charge in [0.05, 0.1) is 0 Å². The maximum absolute atomic E-state index is 11.4. The second kappa shape index (κ2) is 5.04.